The first kappa shape index (κ1) is 14.6. The molecule has 0 fully saturated rings. The lowest BCUT2D eigenvalue weighted by Gasteiger charge is -2.09. The summed E-state index contributed by atoms with van der Waals surface area (Å²) >= 11 is 6.10. The fraction of sp³-hybridized carbons (Fsp3) is 0.267. The van der Waals surface area contributed by atoms with Gasteiger partial charge in [-0.25, -0.2) is 4.98 Å². The van der Waals surface area contributed by atoms with Crippen molar-refractivity contribution in [1.82, 2.24) is 4.98 Å². The monoisotopic (exact) mass is 292 g/mol. The summed E-state index contributed by atoms with van der Waals surface area (Å²) in [6.07, 6.45) is 1.74. The molecule has 0 bridgehead atoms. The van der Waals surface area contributed by atoms with E-state index in [4.69, 9.17) is 21.1 Å². The molecule has 0 amide bonds. The van der Waals surface area contributed by atoms with Crippen molar-refractivity contribution in [2.24, 2.45) is 0 Å². The second-order valence-electron chi connectivity index (χ2n) is 4.17. The Labute approximate surface area is 123 Å². The van der Waals surface area contributed by atoms with E-state index in [2.05, 4.69) is 10.3 Å². The van der Waals surface area contributed by atoms with Crippen molar-refractivity contribution in [3.8, 4) is 5.88 Å². The van der Waals surface area contributed by atoms with E-state index in [9.17, 15) is 0 Å². The highest BCUT2D eigenvalue weighted by Crippen LogP contribution is 2.17. The molecule has 0 radical (unpaired) electrons. The molecule has 0 atom stereocenters. The first-order valence-corrected chi connectivity index (χ1v) is 6.72. The van der Waals surface area contributed by atoms with Gasteiger partial charge in [-0.15, -0.1) is 0 Å². The smallest absolute Gasteiger partial charge is 0.213 e. The maximum absolute atomic E-state index is 6.10. The highest BCUT2D eigenvalue weighted by atomic mass is 35.5. The van der Waals surface area contributed by atoms with E-state index in [-0.39, 0.29) is 0 Å². The Morgan fingerprint density at radius 3 is 2.70 bits per heavy atom. The maximum Gasteiger partial charge on any atom is 0.213 e. The van der Waals surface area contributed by atoms with Gasteiger partial charge < -0.3 is 14.8 Å². The SMILES string of the molecule is COCCOc1ccc(NCc2ccccc2Cl)cn1. The van der Waals surface area contributed by atoms with Crippen LogP contribution in [0.3, 0.4) is 0 Å². The van der Waals surface area contributed by atoms with E-state index in [0.29, 0.717) is 25.6 Å². The van der Waals surface area contributed by atoms with Crippen molar-refractivity contribution >= 4 is 17.3 Å². The Bertz CT molecular complexity index is 532. The molecule has 1 aromatic carbocycles. The lowest BCUT2D eigenvalue weighted by molar-refractivity contribution is 0.144. The highest BCUT2D eigenvalue weighted by molar-refractivity contribution is 6.31. The van der Waals surface area contributed by atoms with Crippen LogP contribution in [0.4, 0.5) is 5.69 Å². The first-order valence-electron chi connectivity index (χ1n) is 6.34. The van der Waals surface area contributed by atoms with Crippen LogP contribution in [0.15, 0.2) is 42.6 Å². The first-order chi connectivity index (χ1) is 9.79. The number of ether oxygens (including phenoxy) is 2. The minimum atomic E-state index is 0.496. The van der Waals surface area contributed by atoms with Gasteiger partial charge in [0.05, 0.1) is 18.5 Å². The van der Waals surface area contributed by atoms with Crippen LogP contribution in [-0.4, -0.2) is 25.3 Å². The molecule has 1 aromatic heterocycles. The number of halogens is 1. The number of aromatic nitrogens is 1. The third-order valence-electron chi connectivity index (χ3n) is 2.71. The maximum atomic E-state index is 6.10. The Kier molecular flexibility index (Phi) is 5.65. The van der Waals surface area contributed by atoms with Gasteiger partial charge in [0.2, 0.25) is 5.88 Å². The van der Waals surface area contributed by atoms with Crippen LogP contribution in [-0.2, 0) is 11.3 Å². The second-order valence-corrected chi connectivity index (χ2v) is 4.58. The summed E-state index contributed by atoms with van der Waals surface area (Å²) in [6.45, 7) is 1.70. The standard InChI is InChI=1S/C15H17ClN2O2/c1-19-8-9-20-15-7-6-13(11-18-15)17-10-12-4-2-3-5-14(12)16/h2-7,11,17H,8-10H2,1H3. The molecule has 20 heavy (non-hydrogen) atoms. The quantitative estimate of drug-likeness (QED) is 0.795. The Hall–Kier alpha value is -1.78. The number of pyridine rings is 1. The molecule has 106 valence electrons. The third-order valence-corrected chi connectivity index (χ3v) is 3.08. The number of rotatable bonds is 7. The van der Waals surface area contributed by atoms with E-state index in [1.54, 1.807) is 13.3 Å². The molecular formula is C15H17ClN2O2. The van der Waals surface area contributed by atoms with Crippen LogP contribution in [0.2, 0.25) is 5.02 Å². The van der Waals surface area contributed by atoms with Crippen molar-refractivity contribution in [3.63, 3.8) is 0 Å². The van der Waals surface area contributed by atoms with Crippen LogP contribution in [0.25, 0.3) is 0 Å². The van der Waals surface area contributed by atoms with E-state index >= 15 is 0 Å². The van der Waals surface area contributed by atoms with Gasteiger partial charge in [-0.05, 0) is 17.7 Å². The Morgan fingerprint density at radius 1 is 1.15 bits per heavy atom. The summed E-state index contributed by atoms with van der Waals surface area (Å²) in [5.74, 6) is 0.588. The van der Waals surface area contributed by atoms with Gasteiger partial charge in [0.15, 0.2) is 0 Å². The molecule has 5 heteroatoms. The summed E-state index contributed by atoms with van der Waals surface area (Å²) in [6, 6.07) is 11.5. The molecule has 0 aliphatic carbocycles. The van der Waals surface area contributed by atoms with Gasteiger partial charge >= 0.3 is 0 Å². The molecule has 2 aromatic rings. The van der Waals surface area contributed by atoms with E-state index < -0.39 is 0 Å². The Balaban J connectivity index is 1.86. The number of benzene rings is 1. The van der Waals surface area contributed by atoms with Crippen LogP contribution >= 0.6 is 11.6 Å². The fourth-order valence-electron chi connectivity index (χ4n) is 1.64. The van der Waals surface area contributed by atoms with Crippen molar-refractivity contribution in [2.45, 2.75) is 6.54 Å². The molecular weight excluding hydrogens is 276 g/mol. The summed E-state index contributed by atoms with van der Waals surface area (Å²) in [4.78, 5) is 4.21. The average Bonchev–Trinajstić information content (AvgIpc) is 2.48. The molecule has 0 spiro atoms. The zero-order valence-corrected chi connectivity index (χ0v) is 12.1. The highest BCUT2D eigenvalue weighted by Gasteiger charge is 2.00. The van der Waals surface area contributed by atoms with Gasteiger partial charge in [-0.1, -0.05) is 29.8 Å². The third kappa shape index (κ3) is 4.40. The number of hydrogen-bond donors (Lipinski definition) is 1. The molecule has 0 aliphatic rings. The van der Waals surface area contributed by atoms with Gasteiger partial charge in [-0.2, -0.15) is 0 Å². The van der Waals surface area contributed by atoms with E-state index in [0.717, 1.165) is 16.3 Å². The van der Waals surface area contributed by atoms with Crippen molar-refractivity contribution in [3.05, 3.63) is 53.2 Å². The zero-order chi connectivity index (χ0) is 14.2. The lowest BCUT2D eigenvalue weighted by Crippen LogP contribution is -2.05. The van der Waals surface area contributed by atoms with Crippen LogP contribution in [0, 0.1) is 0 Å². The van der Waals surface area contributed by atoms with Crippen LogP contribution in [0.5, 0.6) is 5.88 Å². The average molecular weight is 293 g/mol. The zero-order valence-electron chi connectivity index (χ0n) is 11.3. The number of hydrogen-bond acceptors (Lipinski definition) is 4. The lowest BCUT2D eigenvalue weighted by atomic mass is 10.2. The minimum absolute atomic E-state index is 0.496. The number of anilines is 1. The number of nitrogens with zero attached hydrogens (tertiary/aromatic N) is 1. The molecule has 1 N–H and O–H groups in total. The molecule has 2 rings (SSSR count). The van der Waals surface area contributed by atoms with Gasteiger partial charge in [0.1, 0.15) is 6.61 Å². The predicted octanol–water partition coefficient (Wildman–Crippen LogP) is 3.37. The van der Waals surface area contributed by atoms with Crippen molar-refractivity contribution < 1.29 is 9.47 Å². The predicted molar refractivity (Wildman–Crippen MR) is 80.4 cm³/mol. The van der Waals surface area contributed by atoms with Gasteiger partial charge in [0.25, 0.3) is 0 Å². The molecule has 1 heterocycles. The molecule has 0 saturated heterocycles. The fourth-order valence-corrected chi connectivity index (χ4v) is 1.84. The van der Waals surface area contributed by atoms with Crippen LogP contribution in [0.1, 0.15) is 5.56 Å². The summed E-state index contributed by atoms with van der Waals surface area (Å²) in [5, 5.41) is 4.03. The van der Waals surface area contributed by atoms with Gasteiger partial charge in [-0.3, -0.25) is 0 Å². The number of nitrogens with one attached hydrogen (secondary N) is 1. The Morgan fingerprint density at radius 2 is 2.00 bits per heavy atom. The molecule has 4 nitrogen and oxygen atoms in total. The summed E-state index contributed by atoms with van der Waals surface area (Å²) in [5.41, 5.74) is 1.97. The normalized spacial score (nSPS) is 10.3. The van der Waals surface area contributed by atoms with E-state index in [1.807, 2.05) is 36.4 Å². The second kappa shape index (κ2) is 7.72. The molecule has 0 aliphatic heterocycles. The van der Waals surface area contributed by atoms with Gasteiger partial charge in [0, 0.05) is 24.7 Å². The molecule has 0 saturated carbocycles. The van der Waals surface area contributed by atoms with Crippen molar-refractivity contribution in [1.29, 1.82) is 0 Å². The summed E-state index contributed by atoms with van der Waals surface area (Å²) < 4.78 is 10.3. The number of methoxy groups -OCH3 is 1. The largest absolute Gasteiger partial charge is 0.475 e. The van der Waals surface area contributed by atoms with Crippen LogP contribution < -0.4 is 10.1 Å². The van der Waals surface area contributed by atoms with Crippen molar-refractivity contribution in [2.75, 3.05) is 25.6 Å². The topological polar surface area (TPSA) is 43.4 Å². The summed E-state index contributed by atoms with van der Waals surface area (Å²) in [7, 11) is 1.64. The molecule has 0 unspecified atom stereocenters. The van der Waals surface area contributed by atoms with E-state index in [1.165, 1.54) is 0 Å². The minimum Gasteiger partial charge on any atom is -0.475 e.